The first kappa shape index (κ1) is 27.9. The molecule has 0 saturated carbocycles. The number of halogens is 4. The van der Waals surface area contributed by atoms with E-state index in [1.807, 2.05) is 12.1 Å². The number of pyridine rings is 2. The van der Waals surface area contributed by atoms with Crippen LogP contribution in [0.5, 0.6) is 0 Å². The molecule has 0 aliphatic heterocycles. The van der Waals surface area contributed by atoms with Gasteiger partial charge in [-0.25, -0.2) is 17.6 Å². The van der Waals surface area contributed by atoms with E-state index in [9.17, 15) is 27.8 Å². The fraction of sp³-hybridized carbons (Fsp3) is 0.312. The van der Waals surface area contributed by atoms with Crippen molar-refractivity contribution in [2.75, 3.05) is 0 Å². The maximum absolute atomic E-state index is 13.9. The molecular weight excluding hydrogens is 520 g/mol. The highest BCUT2D eigenvalue weighted by Crippen LogP contribution is 2.37. The summed E-state index contributed by atoms with van der Waals surface area (Å²) in [5.41, 5.74) is 3.90. The van der Waals surface area contributed by atoms with Gasteiger partial charge in [0.1, 0.15) is 0 Å². The van der Waals surface area contributed by atoms with Gasteiger partial charge in [0.2, 0.25) is 0 Å². The Balaban J connectivity index is 0.000000161. The van der Waals surface area contributed by atoms with Crippen LogP contribution in [0.4, 0.5) is 17.6 Å². The summed E-state index contributed by atoms with van der Waals surface area (Å²) in [6.07, 6.45) is 5.39. The number of rotatable bonds is 2. The van der Waals surface area contributed by atoms with Crippen molar-refractivity contribution in [3.8, 4) is 0 Å². The van der Waals surface area contributed by atoms with E-state index in [-0.39, 0.29) is 11.8 Å². The van der Waals surface area contributed by atoms with Gasteiger partial charge in [-0.1, -0.05) is 36.4 Å². The van der Waals surface area contributed by atoms with Crippen molar-refractivity contribution in [2.45, 2.75) is 62.6 Å². The topological polar surface area (TPSA) is 66.2 Å². The second-order valence-corrected chi connectivity index (χ2v) is 10.4. The average molecular weight is 551 g/mol. The second-order valence-electron chi connectivity index (χ2n) is 10.4. The zero-order valence-electron chi connectivity index (χ0n) is 21.8. The van der Waals surface area contributed by atoms with Gasteiger partial charge in [-0.05, 0) is 96.9 Å². The first-order chi connectivity index (χ1) is 19.3. The van der Waals surface area contributed by atoms with Crippen LogP contribution in [0.1, 0.15) is 83.4 Å². The highest BCUT2D eigenvalue weighted by atomic mass is 19.2. The van der Waals surface area contributed by atoms with Gasteiger partial charge in [0.15, 0.2) is 23.3 Å². The predicted molar refractivity (Wildman–Crippen MR) is 142 cm³/mol. The molecule has 0 bridgehead atoms. The van der Waals surface area contributed by atoms with Gasteiger partial charge >= 0.3 is 0 Å². The number of nitrogens with zero attached hydrogens (tertiary/aromatic N) is 2. The smallest absolute Gasteiger partial charge is 0.162 e. The molecule has 2 aromatic carbocycles. The largest absolute Gasteiger partial charge is 0.387 e. The summed E-state index contributed by atoms with van der Waals surface area (Å²) in [7, 11) is 0. The number of aliphatic hydroxyl groups excluding tert-OH is 2. The van der Waals surface area contributed by atoms with Crippen LogP contribution >= 0.6 is 0 Å². The van der Waals surface area contributed by atoms with Crippen molar-refractivity contribution < 1.29 is 27.8 Å². The summed E-state index contributed by atoms with van der Waals surface area (Å²) in [6, 6.07) is 15.9. The molecule has 8 heteroatoms. The predicted octanol–water partition coefficient (Wildman–Crippen LogP) is 7.03. The number of hydrogen-bond donors (Lipinski definition) is 2. The maximum atomic E-state index is 13.9. The van der Waals surface area contributed by atoms with Gasteiger partial charge in [-0.2, -0.15) is 0 Å². The van der Waals surface area contributed by atoms with Crippen molar-refractivity contribution in [2.24, 2.45) is 0 Å². The van der Waals surface area contributed by atoms with Gasteiger partial charge in [0.25, 0.3) is 0 Å². The van der Waals surface area contributed by atoms with E-state index in [4.69, 9.17) is 0 Å². The van der Waals surface area contributed by atoms with Crippen molar-refractivity contribution in [3.63, 3.8) is 0 Å². The fourth-order valence-corrected chi connectivity index (χ4v) is 5.78. The second kappa shape index (κ2) is 12.3. The van der Waals surface area contributed by atoms with Crippen LogP contribution in [0.2, 0.25) is 0 Å². The number of fused-ring (bicyclic) bond motifs is 2. The van der Waals surface area contributed by atoms with E-state index in [0.717, 1.165) is 23.3 Å². The summed E-state index contributed by atoms with van der Waals surface area (Å²) in [4.78, 5) is 8.42. The SMILES string of the molecule is O[C@@H]1CC[C@@H](c2cccc(F)c2F)Cc2cccnc21.O[C@H]1CC[C@@H](c2cccc(F)c2F)Cc2cccnc21. The van der Waals surface area contributed by atoms with Crippen molar-refractivity contribution in [1.29, 1.82) is 0 Å². The zero-order chi connectivity index (χ0) is 28.2. The first-order valence-corrected chi connectivity index (χ1v) is 13.4. The molecule has 4 atom stereocenters. The lowest BCUT2D eigenvalue weighted by Gasteiger charge is -2.16. The van der Waals surface area contributed by atoms with E-state index in [2.05, 4.69) is 9.97 Å². The lowest BCUT2D eigenvalue weighted by atomic mass is 9.90. The summed E-state index contributed by atoms with van der Waals surface area (Å²) in [5.74, 6) is -3.47. The van der Waals surface area contributed by atoms with Crippen molar-refractivity contribution in [1.82, 2.24) is 9.97 Å². The molecule has 2 N–H and O–H groups in total. The Morgan fingerprint density at radius 3 is 1.40 bits per heavy atom. The minimum Gasteiger partial charge on any atom is -0.387 e. The van der Waals surface area contributed by atoms with Gasteiger partial charge < -0.3 is 10.2 Å². The van der Waals surface area contributed by atoms with Gasteiger partial charge in [-0.3, -0.25) is 9.97 Å². The Bertz CT molecular complexity index is 1370. The van der Waals surface area contributed by atoms with E-state index >= 15 is 0 Å². The molecule has 6 rings (SSSR count). The summed E-state index contributed by atoms with van der Waals surface area (Å²) in [5, 5.41) is 20.2. The van der Waals surface area contributed by atoms with E-state index in [1.54, 1.807) is 36.7 Å². The van der Waals surface area contributed by atoms with Crippen LogP contribution in [-0.2, 0) is 12.8 Å². The van der Waals surface area contributed by atoms with Crippen LogP contribution < -0.4 is 0 Å². The third-order valence-corrected chi connectivity index (χ3v) is 7.84. The molecule has 4 nitrogen and oxygen atoms in total. The molecule has 0 amide bonds. The quantitative estimate of drug-likeness (QED) is 0.208. The highest BCUT2D eigenvalue weighted by molar-refractivity contribution is 5.32. The summed E-state index contributed by atoms with van der Waals surface area (Å²) in [6.45, 7) is 0. The standard InChI is InChI=1S/2C16H15F2NO/c2*17-13-5-1-4-12(15(13)18)10-6-7-14(20)16-11(9-10)3-2-8-19-16/h2*1-5,8,10,14,20H,6-7,9H2/t10-,14+;10-,14-/m11/s1. The van der Waals surface area contributed by atoms with E-state index in [1.165, 1.54) is 12.1 Å². The molecule has 208 valence electrons. The van der Waals surface area contributed by atoms with Crippen LogP contribution in [0.25, 0.3) is 0 Å². The van der Waals surface area contributed by atoms with E-state index < -0.39 is 35.5 Å². The van der Waals surface area contributed by atoms with Crippen molar-refractivity contribution in [3.05, 3.63) is 130 Å². The Morgan fingerprint density at radius 1 is 0.550 bits per heavy atom. The third kappa shape index (κ3) is 5.93. The fourth-order valence-electron chi connectivity index (χ4n) is 5.78. The summed E-state index contributed by atoms with van der Waals surface area (Å²) < 4.78 is 54.6. The maximum Gasteiger partial charge on any atom is 0.162 e. The number of aromatic nitrogens is 2. The molecule has 40 heavy (non-hydrogen) atoms. The zero-order valence-corrected chi connectivity index (χ0v) is 21.8. The molecule has 0 radical (unpaired) electrons. The van der Waals surface area contributed by atoms with Crippen LogP contribution in [-0.4, -0.2) is 20.2 Å². The monoisotopic (exact) mass is 550 g/mol. The Hall–Kier alpha value is -3.62. The van der Waals surface area contributed by atoms with Crippen LogP contribution in [0.3, 0.4) is 0 Å². The summed E-state index contributed by atoms with van der Waals surface area (Å²) >= 11 is 0. The molecule has 0 spiro atoms. The normalized spacial score (nSPS) is 22.1. The highest BCUT2D eigenvalue weighted by Gasteiger charge is 2.28. The average Bonchev–Trinajstić information content (AvgIpc) is 3.24. The molecule has 2 heterocycles. The first-order valence-electron chi connectivity index (χ1n) is 13.4. The Labute approximate surface area is 230 Å². The molecule has 2 aromatic heterocycles. The van der Waals surface area contributed by atoms with Gasteiger partial charge in [0, 0.05) is 12.4 Å². The number of hydrogen-bond acceptors (Lipinski definition) is 4. The molecular formula is C32H30F4N2O2. The lowest BCUT2D eigenvalue weighted by Crippen LogP contribution is -2.06. The Kier molecular flexibility index (Phi) is 8.57. The Morgan fingerprint density at radius 2 is 0.975 bits per heavy atom. The van der Waals surface area contributed by atoms with Crippen LogP contribution in [0.15, 0.2) is 73.1 Å². The molecule has 2 aliphatic carbocycles. The van der Waals surface area contributed by atoms with Gasteiger partial charge in [0.05, 0.1) is 23.6 Å². The molecule has 4 aromatic rings. The molecule has 2 aliphatic rings. The molecule has 0 unspecified atom stereocenters. The number of aliphatic hydroxyl groups is 2. The minimum atomic E-state index is -0.821. The molecule has 0 fully saturated rings. The lowest BCUT2D eigenvalue weighted by molar-refractivity contribution is 0.160. The van der Waals surface area contributed by atoms with E-state index in [0.29, 0.717) is 61.0 Å². The van der Waals surface area contributed by atoms with Gasteiger partial charge in [-0.15, -0.1) is 0 Å². The number of benzene rings is 2. The van der Waals surface area contributed by atoms with Crippen molar-refractivity contribution >= 4 is 0 Å². The minimum absolute atomic E-state index is 0.134. The third-order valence-electron chi connectivity index (χ3n) is 7.84. The van der Waals surface area contributed by atoms with Crippen LogP contribution in [0, 0.1) is 23.3 Å². The molecule has 0 saturated heterocycles.